The summed E-state index contributed by atoms with van der Waals surface area (Å²) in [5.41, 5.74) is 0. The van der Waals surface area contributed by atoms with Gasteiger partial charge in [0.25, 0.3) is 0 Å². The normalized spacial score (nSPS) is 18.5. The number of cyclic esters (lactones) is 1. The number of nitrogens with zero attached hydrogens (tertiary/aromatic N) is 1. The third-order valence-electron chi connectivity index (χ3n) is 1.64. The minimum atomic E-state index is -0.247. The lowest BCUT2D eigenvalue weighted by atomic mass is 10.3. The second-order valence-corrected chi connectivity index (χ2v) is 2.64. The van der Waals surface area contributed by atoms with Crippen molar-refractivity contribution in [3.05, 3.63) is 12.3 Å². The molecule has 0 saturated carbocycles. The van der Waals surface area contributed by atoms with Crippen LogP contribution in [0.4, 0.5) is 4.79 Å². The van der Waals surface area contributed by atoms with Crippen molar-refractivity contribution in [2.24, 2.45) is 0 Å². The highest BCUT2D eigenvalue weighted by molar-refractivity contribution is 5.69. The van der Waals surface area contributed by atoms with Gasteiger partial charge in [0.2, 0.25) is 0 Å². The second-order valence-electron chi connectivity index (χ2n) is 2.64. The lowest BCUT2D eigenvalue weighted by molar-refractivity contribution is 0.105. The monoisotopic (exact) mass is 155 g/mol. The van der Waals surface area contributed by atoms with Crippen molar-refractivity contribution >= 4 is 6.09 Å². The fourth-order valence-electron chi connectivity index (χ4n) is 1.06. The largest absolute Gasteiger partial charge is 0.415 e. The van der Waals surface area contributed by atoms with Crippen molar-refractivity contribution in [3.63, 3.8) is 0 Å². The molecule has 0 spiro atoms. The van der Waals surface area contributed by atoms with Crippen LogP contribution in [0.5, 0.6) is 0 Å². The van der Waals surface area contributed by atoms with Gasteiger partial charge in [0, 0.05) is 19.5 Å². The van der Waals surface area contributed by atoms with Crippen molar-refractivity contribution in [2.45, 2.75) is 19.8 Å². The summed E-state index contributed by atoms with van der Waals surface area (Å²) in [6, 6.07) is 0. The second kappa shape index (κ2) is 3.42. The number of hydrogen-bond donors (Lipinski definition) is 0. The van der Waals surface area contributed by atoms with Gasteiger partial charge >= 0.3 is 6.09 Å². The highest BCUT2D eigenvalue weighted by Gasteiger charge is 2.20. The minimum Gasteiger partial charge on any atom is -0.415 e. The number of ether oxygens (including phenoxy) is 1. The summed E-state index contributed by atoms with van der Waals surface area (Å²) in [6.45, 7) is 7.17. The molecule has 0 aliphatic carbocycles. The van der Waals surface area contributed by atoms with Crippen LogP contribution < -0.4 is 0 Å². The summed E-state index contributed by atoms with van der Waals surface area (Å²) < 4.78 is 4.84. The Labute approximate surface area is 66.6 Å². The van der Waals surface area contributed by atoms with E-state index in [4.69, 9.17) is 4.74 Å². The first kappa shape index (κ1) is 8.11. The summed E-state index contributed by atoms with van der Waals surface area (Å²) in [4.78, 5) is 12.7. The Kier molecular flexibility index (Phi) is 2.52. The first-order chi connectivity index (χ1) is 5.24. The van der Waals surface area contributed by atoms with E-state index >= 15 is 0 Å². The maximum Gasteiger partial charge on any atom is 0.414 e. The number of carbonyl (C=O) groups excluding carboxylic acids is 1. The maximum atomic E-state index is 11.0. The van der Waals surface area contributed by atoms with Gasteiger partial charge in [0.15, 0.2) is 0 Å². The number of amides is 1. The van der Waals surface area contributed by atoms with Crippen LogP contribution >= 0.6 is 0 Å². The quantitative estimate of drug-likeness (QED) is 0.608. The summed E-state index contributed by atoms with van der Waals surface area (Å²) in [5.74, 6) is 0.586. The molecule has 1 rings (SSSR count). The number of hydrogen-bond acceptors (Lipinski definition) is 2. The van der Waals surface area contributed by atoms with Crippen LogP contribution in [0.3, 0.4) is 0 Å². The average molecular weight is 155 g/mol. The minimum absolute atomic E-state index is 0.247. The van der Waals surface area contributed by atoms with Gasteiger partial charge in [-0.15, -0.1) is 0 Å². The average Bonchev–Trinajstić information content (AvgIpc) is 1.95. The van der Waals surface area contributed by atoms with Crippen LogP contribution in [0.1, 0.15) is 19.8 Å². The van der Waals surface area contributed by atoms with Gasteiger partial charge in [0.05, 0.1) is 0 Å². The first-order valence-corrected chi connectivity index (χ1v) is 3.88. The molecule has 0 atom stereocenters. The zero-order valence-electron chi connectivity index (χ0n) is 6.80. The van der Waals surface area contributed by atoms with E-state index in [0.717, 1.165) is 25.9 Å². The van der Waals surface area contributed by atoms with Gasteiger partial charge in [-0.1, -0.05) is 13.5 Å². The highest BCUT2D eigenvalue weighted by Crippen LogP contribution is 2.12. The van der Waals surface area contributed by atoms with Crippen LogP contribution in [-0.4, -0.2) is 24.1 Å². The zero-order chi connectivity index (χ0) is 8.27. The third kappa shape index (κ3) is 1.97. The van der Waals surface area contributed by atoms with Crippen LogP contribution in [0.2, 0.25) is 0 Å². The fraction of sp³-hybridized carbons (Fsp3) is 0.625. The van der Waals surface area contributed by atoms with E-state index in [0.29, 0.717) is 5.76 Å². The third-order valence-corrected chi connectivity index (χ3v) is 1.64. The zero-order valence-corrected chi connectivity index (χ0v) is 6.80. The Hall–Kier alpha value is -0.990. The van der Waals surface area contributed by atoms with E-state index in [2.05, 4.69) is 6.58 Å². The molecule has 3 heteroatoms. The summed E-state index contributed by atoms with van der Waals surface area (Å²) >= 11 is 0. The molecule has 1 amide bonds. The Balaban J connectivity index is 2.44. The van der Waals surface area contributed by atoms with E-state index in [9.17, 15) is 4.79 Å². The van der Waals surface area contributed by atoms with Crippen LogP contribution in [0.25, 0.3) is 0 Å². The molecule has 0 aromatic carbocycles. The van der Waals surface area contributed by atoms with Gasteiger partial charge in [-0.2, -0.15) is 0 Å². The van der Waals surface area contributed by atoms with E-state index < -0.39 is 0 Å². The molecule has 0 aromatic heterocycles. The Morgan fingerprint density at radius 2 is 2.45 bits per heavy atom. The molecule has 1 saturated heterocycles. The van der Waals surface area contributed by atoms with Gasteiger partial charge in [0.1, 0.15) is 5.76 Å². The molecule has 1 aliphatic rings. The van der Waals surface area contributed by atoms with Crippen LogP contribution in [0, 0.1) is 0 Å². The van der Waals surface area contributed by atoms with Gasteiger partial charge in [-0.3, -0.25) is 0 Å². The Morgan fingerprint density at radius 3 is 3.00 bits per heavy atom. The molecule has 62 valence electrons. The van der Waals surface area contributed by atoms with Gasteiger partial charge in [-0.25, -0.2) is 4.79 Å². The van der Waals surface area contributed by atoms with Crippen molar-refractivity contribution in [3.8, 4) is 0 Å². The molecule has 0 bridgehead atoms. The van der Waals surface area contributed by atoms with Crippen molar-refractivity contribution in [1.29, 1.82) is 0 Å². The molecule has 1 fully saturated rings. The summed E-state index contributed by atoms with van der Waals surface area (Å²) in [5, 5.41) is 0. The molecule has 0 radical (unpaired) electrons. The number of rotatable bonds is 2. The van der Waals surface area contributed by atoms with Gasteiger partial charge in [-0.05, 0) is 6.42 Å². The molecule has 0 unspecified atom stereocenters. The van der Waals surface area contributed by atoms with Gasteiger partial charge < -0.3 is 9.64 Å². The standard InChI is InChI=1S/C8H13NO2/c1-3-5-9-6-4-7(2)11-8(9)10/h2-6H2,1H3. The first-order valence-electron chi connectivity index (χ1n) is 3.88. The maximum absolute atomic E-state index is 11.0. The molecule has 1 aliphatic heterocycles. The van der Waals surface area contributed by atoms with E-state index in [-0.39, 0.29) is 6.09 Å². The molecule has 11 heavy (non-hydrogen) atoms. The lowest BCUT2D eigenvalue weighted by Gasteiger charge is -2.26. The fourth-order valence-corrected chi connectivity index (χ4v) is 1.06. The Morgan fingerprint density at radius 1 is 1.73 bits per heavy atom. The molecule has 0 aromatic rings. The molecule has 3 nitrogen and oxygen atoms in total. The highest BCUT2D eigenvalue weighted by atomic mass is 16.6. The van der Waals surface area contributed by atoms with Crippen molar-refractivity contribution in [1.82, 2.24) is 4.90 Å². The van der Waals surface area contributed by atoms with E-state index in [1.165, 1.54) is 0 Å². The van der Waals surface area contributed by atoms with E-state index in [1.54, 1.807) is 4.90 Å². The summed E-state index contributed by atoms with van der Waals surface area (Å²) in [7, 11) is 0. The smallest absolute Gasteiger partial charge is 0.414 e. The Bertz CT molecular complexity index is 177. The lowest BCUT2D eigenvalue weighted by Crippen LogP contribution is -2.37. The van der Waals surface area contributed by atoms with Crippen molar-refractivity contribution in [2.75, 3.05) is 13.1 Å². The predicted octanol–water partition coefficient (Wildman–Crippen LogP) is 1.75. The summed E-state index contributed by atoms with van der Waals surface area (Å²) in [6.07, 6.45) is 1.50. The van der Waals surface area contributed by atoms with Crippen LogP contribution in [-0.2, 0) is 4.74 Å². The predicted molar refractivity (Wildman–Crippen MR) is 42.1 cm³/mol. The molecular formula is C8H13NO2. The SMILES string of the molecule is C=C1CCN(CCC)C(=O)O1. The van der Waals surface area contributed by atoms with E-state index in [1.807, 2.05) is 6.92 Å². The topological polar surface area (TPSA) is 29.5 Å². The number of carbonyl (C=O) groups is 1. The molecule has 0 N–H and O–H groups in total. The van der Waals surface area contributed by atoms with Crippen LogP contribution in [0.15, 0.2) is 12.3 Å². The molecular weight excluding hydrogens is 142 g/mol. The van der Waals surface area contributed by atoms with Crippen molar-refractivity contribution < 1.29 is 9.53 Å². The molecule has 1 heterocycles.